The number of halogens is 1. The molecule has 0 aliphatic rings. The van der Waals surface area contributed by atoms with E-state index >= 15 is 0 Å². The van der Waals surface area contributed by atoms with Gasteiger partial charge in [0.2, 0.25) is 0 Å². The first kappa shape index (κ1) is 11.3. The van der Waals surface area contributed by atoms with Gasteiger partial charge in [0.25, 0.3) is 0 Å². The van der Waals surface area contributed by atoms with E-state index in [-0.39, 0.29) is 13.2 Å². The highest BCUT2D eigenvalue weighted by atomic mass is 35.5. The summed E-state index contributed by atoms with van der Waals surface area (Å²) in [7, 11) is 1.88. The molecule has 0 aliphatic heterocycles. The molecule has 0 radical (unpaired) electrons. The summed E-state index contributed by atoms with van der Waals surface area (Å²) < 4.78 is 5.22. The molecule has 14 heavy (non-hydrogen) atoms. The summed E-state index contributed by atoms with van der Waals surface area (Å²) >= 11 is 5.97. The SMILES string of the molecule is CNCc1ccc(OCCO)c(Cl)c1. The van der Waals surface area contributed by atoms with Crippen molar-refractivity contribution < 1.29 is 9.84 Å². The first-order chi connectivity index (χ1) is 6.77. The van der Waals surface area contributed by atoms with Crippen molar-refractivity contribution in [2.75, 3.05) is 20.3 Å². The zero-order valence-electron chi connectivity index (χ0n) is 8.09. The van der Waals surface area contributed by atoms with Gasteiger partial charge in [0.1, 0.15) is 12.4 Å². The monoisotopic (exact) mass is 215 g/mol. The fourth-order valence-electron chi connectivity index (χ4n) is 1.13. The van der Waals surface area contributed by atoms with E-state index in [0.29, 0.717) is 10.8 Å². The smallest absolute Gasteiger partial charge is 0.138 e. The zero-order chi connectivity index (χ0) is 10.4. The fraction of sp³-hybridized carbons (Fsp3) is 0.400. The van der Waals surface area contributed by atoms with E-state index in [1.165, 1.54) is 0 Å². The molecule has 2 N–H and O–H groups in total. The van der Waals surface area contributed by atoms with Crippen LogP contribution in [-0.4, -0.2) is 25.4 Å². The summed E-state index contributed by atoms with van der Waals surface area (Å²) in [6.45, 7) is 1.04. The first-order valence-corrected chi connectivity index (χ1v) is 4.82. The van der Waals surface area contributed by atoms with Crippen LogP contribution in [0.3, 0.4) is 0 Å². The van der Waals surface area contributed by atoms with Gasteiger partial charge in [0, 0.05) is 6.54 Å². The standard InChI is InChI=1S/C10H14ClNO2/c1-12-7-8-2-3-10(9(11)6-8)14-5-4-13/h2-3,6,12-13H,4-5,7H2,1H3. The molecule has 0 aliphatic carbocycles. The van der Waals surface area contributed by atoms with Gasteiger partial charge in [-0.2, -0.15) is 0 Å². The highest BCUT2D eigenvalue weighted by molar-refractivity contribution is 6.32. The second-order valence-corrected chi connectivity index (χ2v) is 3.27. The Morgan fingerprint density at radius 3 is 2.86 bits per heavy atom. The Labute approximate surface area is 88.7 Å². The molecular weight excluding hydrogens is 202 g/mol. The summed E-state index contributed by atoms with van der Waals surface area (Å²) in [5.41, 5.74) is 1.11. The van der Waals surface area contributed by atoms with Crippen LogP contribution >= 0.6 is 11.6 Å². The van der Waals surface area contributed by atoms with Gasteiger partial charge < -0.3 is 15.2 Å². The lowest BCUT2D eigenvalue weighted by Gasteiger charge is -2.07. The lowest BCUT2D eigenvalue weighted by molar-refractivity contribution is 0.201. The summed E-state index contributed by atoms with van der Waals surface area (Å²) in [5, 5.41) is 12.2. The molecule has 3 nitrogen and oxygen atoms in total. The van der Waals surface area contributed by atoms with Crippen LogP contribution in [0.4, 0.5) is 0 Å². The molecule has 1 aromatic rings. The average Bonchev–Trinajstić information content (AvgIpc) is 2.17. The number of benzene rings is 1. The number of aliphatic hydroxyl groups excluding tert-OH is 1. The summed E-state index contributed by atoms with van der Waals surface area (Å²) in [6.07, 6.45) is 0. The predicted molar refractivity (Wildman–Crippen MR) is 56.8 cm³/mol. The van der Waals surface area contributed by atoms with Gasteiger partial charge in [0.15, 0.2) is 0 Å². The van der Waals surface area contributed by atoms with E-state index in [1.807, 2.05) is 25.2 Å². The van der Waals surface area contributed by atoms with E-state index in [0.717, 1.165) is 12.1 Å². The van der Waals surface area contributed by atoms with Crippen LogP contribution in [0.1, 0.15) is 5.56 Å². The molecule has 0 atom stereocenters. The van der Waals surface area contributed by atoms with Crippen molar-refractivity contribution in [1.82, 2.24) is 5.32 Å². The Morgan fingerprint density at radius 2 is 2.29 bits per heavy atom. The molecule has 0 unspecified atom stereocenters. The number of hydrogen-bond acceptors (Lipinski definition) is 3. The molecule has 0 spiro atoms. The molecule has 1 aromatic carbocycles. The third kappa shape index (κ3) is 3.18. The van der Waals surface area contributed by atoms with E-state index in [2.05, 4.69) is 5.32 Å². The Hall–Kier alpha value is -0.770. The number of hydrogen-bond donors (Lipinski definition) is 2. The molecule has 1 rings (SSSR count). The average molecular weight is 216 g/mol. The van der Waals surface area contributed by atoms with Crippen LogP contribution in [-0.2, 0) is 6.54 Å². The highest BCUT2D eigenvalue weighted by Gasteiger charge is 2.01. The van der Waals surface area contributed by atoms with Gasteiger partial charge in [-0.05, 0) is 24.7 Å². The maximum Gasteiger partial charge on any atom is 0.138 e. The lowest BCUT2D eigenvalue weighted by atomic mass is 10.2. The minimum Gasteiger partial charge on any atom is -0.490 e. The largest absolute Gasteiger partial charge is 0.490 e. The van der Waals surface area contributed by atoms with Crippen molar-refractivity contribution in [2.45, 2.75) is 6.54 Å². The summed E-state index contributed by atoms with van der Waals surface area (Å²) in [5.74, 6) is 0.612. The maximum absolute atomic E-state index is 8.58. The molecule has 0 bridgehead atoms. The van der Waals surface area contributed by atoms with Gasteiger partial charge >= 0.3 is 0 Å². The predicted octanol–water partition coefficient (Wildman–Crippen LogP) is 1.43. The van der Waals surface area contributed by atoms with Crippen LogP contribution in [0.5, 0.6) is 5.75 Å². The lowest BCUT2D eigenvalue weighted by Crippen LogP contribution is -2.06. The Kier molecular flexibility index (Phi) is 4.73. The van der Waals surface area contributed by atoms with Crippen molar-refractivity contribution in [3.8, 4) is 5.75 Å². The molecule has 0 heterocycles. The molecule has 0 saturated heterocycles. The fourth-order valence-corrected chi connectivity index (χ4v) is 1.39. The van der Waals surface area contributed by atoms with Gasteiger partial charge in [-0.15, -0.1) is 0 Å². The zero-order valence-corrected chi connectivity index (χ0v) is 8.84. The van der Waals surface area contributed by atoms with Gasteiger partial charge in [-0.25, -0.2) is 0 Å². The van der Waals surface area contributed by atoms with Crippen LogP contribution in [0.15, 0.2) is 18.2 Å². The van der Waals surface area contributed by atoms with Crippen molar-refractivity contribution >= 4 is 11.6 Å². The topological polar surface area (TPSA) is 41.5 Å². The molecule has 0 fully saturated rings. The van der Waals surface area contributed by atoms with Crippen LogP contribution in [0, 0.1) is 0 Å². The third-order valence-corrected chi connectivity index (χ3v) is 2.02. The van der Waals surface area contributed by atoms with Gasteiger partial charge in [0.05, 0.1) is 11.6 Å². The second-order valence-electron chi connectivity index (χ2n) is 2.87. The molecule has 0 amide bonds. The quantitative estimate of drug-likeness (QED) is 0.781. The minimum absolute atomic E-state index is 0.00536. The Balaban J connectivity index is 2.68. The minimum atomic E-state index is -0.00536. The van der Waals surface area contributed by atoms with E-state index < -0.39 is 0 Å². The number of rotatable bonds is 5. The van der Waals surface area contributed by atoms with Gasteiger partial charge in [-0.3, -0.25) is 0 Å². The van der Waals surface area contributed by atoms with Crippen LogP contribution in [0.2, 0.25) is 5.02 Å². The van der Waals surface area contributed by atoms with Crippen LogP contribution in [0.25, 0.3) is 0 Å². The summed E-state index contributed by atoms with van der Waals surface area (Å²) in [6, 6.07) is 5.60. The maximum atomic E-state index is 8.58. The molecule has 0 saturated carbocycles. The van der Waals surface area contributed by atoms with E-state index in [9.17, 15) is 0 Å². The molecular formula is C10H14ClNO2. The van der Waals surface area contributed by atoms with Crippen molar-refractivity contribution in [1.29, 1.82) is 0 Å². The van der Waals surface area contributed by atoms with E-state index in [1.54, 1.807) is 0 Å². The third-order valence-electron chi connectivity index (χ3n) is 1.73. The number of ether oxygens (including phenoxy) is 1. The normalized spacial score (nSPS) is 10.2. The molecule has 78 valence electrons. The highest BCUT2D eigenvalue weighted by Crippen LogP contribution is 2.25. The molecule has 0 aromatic heterocycles. The van der Waals surface area contributed by atoms with Crippen molar-refractivity contribution in [3.05, 3.63) is 28.8 Å². The van der Waals surface area contributed by atoms with Crippen LogP contribution < -0.4 is 10.1 Å². The Morgan fingerprint density at radius 1 is 1.50 bits per heavy atom. The Bertz CT molecular complexity index is 291. The van der Waals surface area contributed by atoms with Crippen molar-refractivity contribution in [3.63, 3.8) is 0 Å². The summed E-state index contributed by atoms with van der Waals surface area (Å²) in [4.78, 5) is 0. The number of aliphatic hydroxyl groups is 1. The van der Waals surface area contributed by atoms with Gasteiger partial charge in [-0.1, -0.05) is 17.7 Å². The first-order valence-electron chi connectivity index (χ1n) is 4.44. The molecule has 4 heteroatoms. The second kappa shape index (κ2) is 5.86. The number of nitrogens with one attached hydrogen (secondary N) is 1. The van der Waals surface area contributed by atoms with Crippen molar-refractivity contribution in [2.24, 2.45) is 0 Å². The van der Waals surface area contributed by atoms with E-state index in [4.69, 9.17) is 21.4 Å².